The van der Waals surface area contributed by atoms with Crippen LogP contribution in [0.25, 0.3) is 0 Å². The summed E-state index contributed by atoms with van der Waals surface area (Å²) in [5.74, 6) is 1.33. The lowest BCUT2D eigenvalue weighted by Gasteiger charge is -2.36. The van der Waals surface area contributed by atoms with Crippen LogP contribution in [-0.4, -0.2) is 73.6 Å². The van der Waals surface area contributed by atoms with Gasteiger partial charge < -0.3 is 15.5 Å². The molecule has 6 nitrogen and oxygen atoms in total. The average Bonchev–Trinajstić information content (AvgIpc) is 3.04. The minimum Gasteiger partial charge on any atom is -0.355 e. The van der Waals surface area contributed by atoms with Crippen LogP contribution >= 0.6 is 11.3 Å². The largest absolute Gasteiger partial charge is 0.355 e. The van der Waals surface area contributed by atoms with Crippen molar-refractivity contribution in [1.29, 1.82) is 0 Å². The molecule has 7 heteroatoms. The topological polar surface area (TPSA) is 55.8 Å². The maximum Gasteiger partial charge on any atom is 0.191 e. The first-order valence-electron chi connectivity index (χ1n) is 8.81. The molecule has 1 fully saturated rings. The van der Waals surface area contributed by atoms with Gasteiger partial charge in [-0.25, -0.2) is 4.98 Å². The number of thiazole rings is 1. The molecule has 1 saturated heterocycles. The molecule has 0 aromatic carbocycles. The smallest absolute Gasteiger partial charge is 0.191 e. The maximum atomic E-state index is 4.65. The monoisotopic (exact) mass is 352 g/mol. The van der Waals surface area contributed by atoms with Gasteiger partial charge in [-0.1, -0.05) is 13.8 Å². The second-order valence-electron chi connectivity index (χ2n) is 6.82. The molecule has 1 aromatic rings. The Hall–Kier alpha value is -1.18. The minimum atomic E-state index is 0.483. The first kappa shape index (κ1) is 19.1. The summed E-state index contributed by atoms with van der Waals surface area (Å²) in [6.45, 7) is 12.8. The minimum absolute atomic E-state index is 0.483. The molecule has 24 heavy (non-hydrogen) atoms. The molecule has 0 saturated carbocycles. The van der Waals surface area contributed by atoms with E-state index >= 15 is 0 Å². The van der Waals surface area contributed by atoms with E-state index in [0.29, 0.717) is 12.0 Å². The van der Waals surface area contributed by atoms with Gasteiger partial charge in [0.2, 0.25) is 0 Å². The van der Waals surface area contributed by atoms with Gasteiger partial charge in [0.05, 0.1) is 12.2 Å². The Morgan fingerprint density at radius 2 is 1.96 bits per heavy atom. The number of aliphatic imine (C=N–C) groups is 1. The van der Waals surface area contributed by atoms with Crippen molar-refractivity contribution in [1.82, 2.24) is 25.4 Å². The highest BCUT2D eigenvalue weighted by Gasteiger charge is 2.19. The molecule has 2 rings (SSSR count). The third-order valence-electron chi connectivity index (χ3n) is 4.52. The summed E-state index contributed by atoms with van der Waals surface area (Å²) < 4.78 is 0. The van der Waals surface area contributed by atoms with Crippen molar-refractivity contribution in [2.75, 3.05) is 46.8 Å². The Morgan fingerprint density at radius 1 is 1.25 bits per heavy atom. The normalized spacial score (nSPS) is 18.8. The third kappa shape index (κ3) is 5.72. The van der Waals surface area contributed by atoms with Gasteiger partial charge in [-0.15, -0.1) is 11.3 Å². The molecule has 1 aliphatic rings. The van der Waals surface area contributed by atoms with Crippen LogP contribution in [0.1, 0.15) is 37.4 Å². The van der Waals surface area contributed by atoms with E-state index in [1.165, 1.54) is 5.69 Å². The molecule has 0 spiro atoms. The predicted molar refractivity (Wildman–Crippen MR) is 103 cm³/mol. The number of hydrogen-bond donors (Lipinski definition) is 2. The lowest BCUT2D eigenvalue weighted by atomic mass is 10.2. The Morgan fingerprint density at radius 3 is 2.54 bits per heavy atom. The van der Waals surface area contributed by atoms with Gasteiger partial charge in [0.25, 0.3) is 0 Å². The van der Waals surface area contributed by atoms with Crippen molar-refractivity contribution in [2.24, 2.45) is 4.99 Å². The SMILES string of the molecule is CN=C(NCc1nc(C(C)C)cs1)NCC(C)N1CCN(C)CC1. The van der Waals surface area contributed by atoms with Gasteiger partial charge in [0, 0.05) is 51.2 Å². The summed E-state index contributed by atoms with van der Waals surface area (Å²) in [5, 5.41) is 10.1. The number of aromatic nitrogens is 1. The van der Waals surface area contributed by atoms with Gasteiger partial charge in [0.15, 0.2) is 5.96 Å². The van der Waals surface area contributed by atoms with Crippen molar-refractivity contribution in [3.63, 3.8) is 0 Å². The van der Waals surface area contributed by atoms with Gasteiger partial charge >= 0.3 is 0 Å². The number of nitrogens with one attached hydrogen (secondary N) is 2. The molecule has 136 valence electrons. The Balaban J connectivity index is 1.73. The van der Waals surface area contributed by atoms with Crippen molar-refractivity contribution >= 4 is 17.3 Å². The molecule has 2 heterocycles. The van der Waals surface area contributed by atoms with E-state index < -0.39 is 0 Å². The van der Waals surface area contributed by atoms with E-state index in [1.54, 1.807) is 11.3 Å². The molecule has 0 amide bonds. The molecule has 0 radical (unpaired) electrons. The van der Waals surface area contributed by atoms with Crippen LogP contribution in [0.4, 0.5) is 0 Å². The van der Waals surface area contributed by atoms with E-state index in [0.717, 1.165) is 50.2 Å². The number of piperazine rings is 1. The number of nitrogens with zero attached hydrogens (tertiary/aromatic N) is 4. The molecule has 1 unspecified atom stereocenters. The average molecular weight is 353 g/mol. The van der Waals surface area contributed by atoms with Gasteiger partial charge in [-0.05, 0) is 19.9 Å². The zero-order chi connectivity index (χ0) is 17.5. The Kier molecular flexibility index (Phi) is 7.45. The fourth-order valence-electron chi connectivity index (χ4n) is 2.69. The highest BCUT2D eigenvalue weighted by Crippen LogP contribution is 2.17. The fraction of sp³-hybridized carbons (Fsp3) is 0.765. The fourth-order valence-corrected chi connectivity index (χ4v) is 3.58. The first-order valence-corrected chi connectivity index (χ1v) is 9.69. The molecule has 1 atom stereocenters. The van der Waals surface area contributed by atoms with Gasteiger partial charge in [-0.3, -0.25) is 9.89 Å². The lowest BCUT2D eigenvalue weighted by molar-refractivity contribution is 0.120. The first-order chi connectivity index (χ1) is 11.5. The Bertz CT molecular complexity index is 519. The number of rotatable bonds is 6. The number of hydrogen-bond acceptors (Lipinski definition) is 5. The summed E-state index contributed by atoms with van der Waals surface area (Å²) in [6, 6.07) is 0.504. The molecule has 0 bridgehead atoms. The molecular formula is C17H32N6S. The van der Waals surface area contributed by atoms with Crippen molar-refractivity contribution in [2.45, 2.75) is 39.3 Å². The van der Waals surface area contributed by atoms with Crippen LogP contribution in [0.15, 0.2) is 10.4 Å². The third-order valence-corrected chi connectivity index (χ3v) is 5.38. The van der Waals surface area contributed by atoms with Gasteiger partial charge in [0.1, 0.15) is 5.01 Å². The standard InChI is InChI=1S/C17H32N6S/c1-13(2)15-12-24-16(21-15)11-20-17(18-4)19-10-14(3)23-8-6-22(5)7-9-23/h12-14H,6-11H2,1-5H3,(H2,18,19,20). The van der Waals surface area contributed by atoms with Crippen LogP contribution < -0.4 is 10.6 Å². The van der Waals surface area contributed by atoms with Crippen molar-refractivity contribution in [3.05, 3.63) is 16.1 Å². The van der Waals surface area contributed by atoms with Crippen LogP contribution in [0.5, 0.6) is 0 Å². The highest BCUT2D eigenvalue weighted by atomic mass is 32.1. The van der Waals surface area contributed by atoms with Crippen LogP contribution in [-0.2, 0) is 6.54 Å². The molecule has 2 N–H and O–H groups in total. The van der Waals surface area contributed by atoms with E-state index in [2.05, 4.69) is 63.6 Å². The summed E-state index contributed by atoms with van der Waals surface area (Å²) >= 11 is 1.71. The maximum absolute atomic E-state index is 4.65. The van der Waals surface area contributed by atoms with E-state index in [9.17, 15) is 0 Å². The predicted octanol–water partition coefficient (Wildman–Crippen LogP) is 1.57. The molecule has 1 aromatic heterocycles. The highest BCUT2D eigenvalue weighted by molar-refractivity contribution is 7.09. The quantitative estimate of drug-likeness (QED) is 0.601. The number of likely N-dealkylation sites (N-methyl/N-ethyl adjacent to an activating group) is 1. The summed E-state index contributed by atoms with van der Waals surface area (Å²) in [4.78, 5) is 13.9. The van der Waals surface area contributed by atoms with E-state index in [4.69, 9.17) is 0 Å². The lowest BCUT2D eigenvalue weighted by Crippen LogP contribution is -2.52. The zero-order valence-corrected chi connectivity index (χ0v) is 16.5. The van der Waals surface area contributed by atoms with Crippen LogP contribution in [0.3, 0.4) is 0 Å². The second-order valence-corrected chi connectivity index (χ2v) is 7.76. The molecule has 1 aliphatic heterocycles. The zero-order valence-electron chi connectivity index (χ0n) is 15.7. The number of guanidine groups is 1. The van der Waals surface area contributed by atoms with Crippen LogP contribution in [0, 0.1) is 0 Å². The van der Waals surface area contributed by atoms with Gasteiger partial charge in [-0.2, -0.15) is 0 Å². The van der Waals surface area contributed by atoms with Crippen LogP contribution in [0.2, 0.25) is 0 Å². The molecule has 0 aliphatic carbocycles. The van der Waals surface area contributed by atoms with Crippen molar-refractivity contribution in [3.8, 4) is 0 Å². The molecular weight excluding hydrogens is 320 g/mol. The van der Waals surface area contributed by atoms with E-state index in [-0.39, 0.29) is 0 Å². The Labute approximate surface area is 150 Å². The summed E-state index contributed by atoms with van der Waals surface area (Å²) in [6.07, 6.45) is 0. The van der Waals surface area contributed by atoms with Crippen molar-refractivity contribution < 1.29 is 0 Å². The summed E-state index contributed by atoms with van der Waals surface area (Å²) in [7, 11) is 4.01. The van der Waals surface area contributed by atoms with E-state index in [1.807, 2.05) is 7.05 Å². The summed E-state index contributed by atoms with van der Waals surface area (Å²) in [5.41, 5.74) is 1.17. The second kappa shape index (κ2) is 9.34.